The van der Waals surface area contributed by atoms with Crippen LogP contribution in [0.3, 0.4) is 0 Å². The van der Waals surface area contributed by atoms with Crippen LogP contribution in [-0.4, -0.2) is 17.4 Å². The lowest BCUT2D eigenvalue weighted by atomic mass is 10.1. The van der Waals surface area contributed by atoms with E-state index >= 15 is 0 Å². The van der Waals surface area contributed by atoms with Crippen LogP contribution >= 0.6 is 0 Å². The molecule has 5 nitrogen and oxygen atoms in total. The van der Waals surface area contributed by atoms with Crippen molar-refractivity contribution in [3.05, 3.63) is 69.2 Å². The minimum Gasteiger partial charge on any atom is -0.408 e. The standard InChI is InChI=1S/C18H18N2O3/c1-11-3-5-14(9-12(11)2)17(21)19-8-7-13-4-6-16-15(10-13)20-18(22)23-16/h3-6,9-10H,7-8H2,1-2H3,(H,19,21)(H,20,22). The molecule has 5 heteroatoms. The summed E-state index contributed by atoms with van der Waals surface area (Å²) in [5.74, 6) is -0.536. The van der Waals surface area contributed by atoms with Crippen LogP contribution < -0.4 is 11.1 Å². The van der Waals surface area contributed by atoms with Gasteiger partial charge in [-0.25, -0.2) is 4.79 Å². The predicted molar refractivity (Wildman–Crippen MR) is 88.8 cm³/mol. The van der Waals surface area contributed by atoms with E-state index in [9.17, 15) is 9.59 Å². The van der Waals surface area contributed by atoms with Crippen molar-refractivity contribution in [2.45, 2.75) is 20.3 Å². The largest absolute Gasteiger partial charge is 0.417 e. The predicted octanol–water partition coefficient (Wildman–Crippen LogP) is 2.71. The molecule has 1 amide bonds. The van der Waals surface area contributed by atoms with Gasteiger partial charge in [0.1, 0.15) is 0 Å². The molecule has 0 spiro atoms. The maximum absolute atomic E-state index is 12.1. The third kappa shape index (κ3) is 3.34. The van der Waals surface area contributed by atoms with E-state index in [1.165, 1.54) is 5.56 Å². The topological polar surface area (TPSA) is 75.1 Å². The average Bonchev–Trinajstić information content (AvgIpc) is 2.89. The van der Waals surface area contributed by atoms with Crippen LogP contribution in [0.1, 0.15) is 27.0 Å². The summed E-state index contributed by atoms with van der Waals surface area (Å²) in [6.07, 6.45) is 0.680. The minimum atomic E-state index is -0.458. The lowest BCUT2D eigenvalue weighted by Crippen LogP contribution is -2.25. The van der Waals surface area contributed by atoms with E-state index in [0.717, 1.165) is 11.1 Å². The molecule has 0 radical (unpaired) electrons. The fraction of sp³-hybridized carbons (Fsp3) is 0.222. The highest BCUT2D eigenvalue weighted by Crippen LogP contribution is 2.13. The zero-order chi connectivity index (χ0) is 16.4. The number of amides is 1. The van der Waals surface area contributed by atoms with Crippen molar-refractivity contribution >= 4 is 17.0 Å². The van der Waals surface area contributed by atoms with Crippen LogP contribution in [0.5, 0.6) is 0 Å². The number of oxazole rings is 1. The Hall–Kier alpha value is -2.82. The molecule has 2 aromatic carbocycles. The van der Waals surface area contributed by atoms with E-state index in [2.05, 4.69) is 10.3 Å². The number of carbonyl (C=O) groups excluding carboxylic acids is 1. The van der Waals surface area contributed by atoms with Crippen molar-refractivity contribution in [2.24, 2.45) is 0 Å². The summed E-state index contributed by atoms with van der Waals surface area (Å²) in [7, 11) is 0. The number of rotatable bonds is 4. The molecule has 0 aliphatic heterocycles. The van der Waals surface area contributed by atoms with Crippen LogP contribution in [0.4, 0.5) is 0 Å². The molecular formula is C18H18N2O3. The van der Waals surface area contributed by atoms with Crippen molar-refractivity contribution < 1.29 is 9.21 Å². The monoisotopic (exact) mass is 310 g/mol. The lowest BCUT2D eigenvalue weighted by molar-refractivity contribution is 0.0954. The van der Waals surface area contributed by atoms with Crippen molar-refractivity contribution in [1.29, 1.82) is 0 Å². The first-order valence-corrected chi connectivity index (χ1v) is 7.50. The van der Waals surface area contributed by atoms with Crippen LogP contribution in [0.15, 0.2) is 45.6 Å². The number of hydrogen-bond acceptors (Lipinski definition) is 3. The fourth-order valence-electron chi connectivity index (χ4n) is 2.46. The SMILES string of the molecule is Cc1ccc(C(=O)NCCc2ccc3oc(=O)[nH]c3c2)cc1C. The number of carbonyl (C=O) groups is 1. The van der Waals surface area contributed by atoms with Gasteiger partial charge in [-0.1, -0.05) is 12.1 Å². The molecule has 0 fully saturated rings. The molecule has 1 aromatic heterocycles. The van der Waals surface area contributed by atoms with Gasteiger partial charge in [0.2, 0.25) is 0 Å². The number of aryl methyl sites for hydroxylation is 2. The Morgan fingerprint density at radius 2 is 1.96 bits per heavy atom. The molecule has 0 unspecified atom stereocenters. The third-order valence-electron chi connectivity index (χ3n) is 3.95. The molecule has 0 saturated heterocycles. The van der Waals surface area contributed by atoms with E-state index in [1.54, 1.807) is 6.07 Å². The summed E-state index contributed by atoms with van der Waals surface area (Å²) in [6.45, 7) is 4.54. The zero-order valence-electron chi connectivity index (χ0n) is 13.1. The van der Waals surface area contributed by atoms with E-state index in [-0.39, 0.29) is 5.91 Å². The summed E-state index contributed by atoms with van der Waals surface area (Å²) in [5.41, 5.74) is 5.18. The van der Waals surface area contributed by atoms with Gasteiger partial charge < -0.3 is 9.73 Å². The molecule has 0 atom stereocenters. The van der Waals surface area contributed by atoms with Gasteiger partial charge in [0.15, 0.2) is 5.58 Å². The Bertz CT molecular complexity index is 921. The van der Waals surface area contributed by atoms with E-state index in [0.29, 0.717) is 29.6 Å². The molecule has 0 bridgehead atoms. The van der Waals surface area contributed by atoms with Crippen molar-refractivity contribution in [2.75, 3.05) is 6.54 Å². The molecular weight excluding hydrogens is 292 g/mol. The molecule has 118 valence electrons. The summed E-state index contributed by atoms with van der Waals surface area (Å²) < 4.78 is 4.96. The van der Waals surface area contributed by atoms with Crippen molar-refractivity contribution in [3.8, 4) is 0 Å². The summed E-state index contributed by atoms with van der Waals surface area (Å²) >= 11 is 0. The summed E-state index contributed by atoms with van der Waals surface area (Å²) in [4.78, 5) is 25.9. The number of aromatic nitrogens is 1. The Labute approximate surface area is 133 Å². The maximum atomic E-state index is 12.1. The van der Waals surface area contributed by atoms with Gasteiger partial charge in [0.05, 0.1) is 5.52 Å². The van der Waals surface area contributed by atoms with Crippen molar-refractivity contribution in [3.63, 3.8) is 0 Å². The number of nitrogens with one attached hydrogen (secondary N) is 2. The highest BCUT2D eigenvalue weighted by Gasteiger charge is 2.07. The molecule has 0 saturated carbocycles. The second-order valence-electron chi connectivity index (χ2n) is 5.65. The molecule has 0 aliphatic rings. The van der Waals surface area contributed by atoms with Gasteiger partial charge in [-0.15, -0.1) is 0 Å². The van der Waals surface area contributed by atoms with Crippen molar-refractivity contribution in [1.82, 2.24) is 10.3 Å². The number of aromatic amines is 1. The van der Waals surface area contributed by atoms with Gasteiger partial charge in [0, 0.05) is 12.1 Å². The highest BCUT2D eigenvalue weighted by atomic mass is 16.4. The van der Waals surface area contributed by atoms with Crippen LogP contribution in [0.25, 0.3) is 11.1 Å². The third-order valence-corrected chi connectivity index (χ3v) is 3.95. The molecule has 3 aromatic rings. The average molecular weight is 310 g/mol. The zero-order valence-corrected chi connectivity index (χ0v) is 13.1. The fourth-order valence-corrected chi connectivity index (χ4v) is 2.46. The second kappa shape index (κ2) is 6.12. The normalized spacial score (nSPS) is 10.9. The summed E-state index contributed by atoms with van der Waals surface area (Å²) in [6, 6.07) is 11.2. The van der Waals surface area contributed by atoms with Crippen LogP contribution in [0.2, 0.25) is 0 Å². The smallest absolute Gasteiger partial charge is 0.408 e. The molecule has 3 rings (SSSR count). The second-order valence-corrected chi connectivity index (χ2v) is 5.65. The molecule has 0 aliphatic carbocycles. The van der Waals surface area contributed by atoms with Gasteiger partial charge in [-0.3, -0.25) is 9.78 Å². The van der Waals surface area contributed by atoms with Gasteiger partial charge in [-0.05, 0) is 61.2 Å². The number of benzene rings is 2. The first-order valence-electron chi connectivity index (χ1n) is 7.50. The van der Waals surface area contributed by atoms with E-state index < -0.39 is 5.76 Å². The Kier molecular flexibility index (Phi) is 4.02. The lowest BCUT2D eigenvalue weighted by Gasteiger charge is -2.07. The van der Waals surface area contributed by atoms with Crippen LogP contribution in [-0.2, 0) is 6.42 Å². The van der Waals surface area contributed by atoms with Crippen LogP contribution in [0, 0.1) is 13.8 Å². The number of hydrogen-bond donors (Lipinski definition) is 2. The van der Waals surface area contributed by atoms with E-state index in [4.69, 9.17) is 4.42 Å². The quantitative estimate of drug-likeness (QED) is 0.778. The number of H-pyrrole nitrogens is 1. The van der Waals surface area contributed by atoms with Gasteiger partial charge in [0.25, 0.3) is 5.91 Å². The minimum absolute atomic E-state index is 0.0779. The van der Waals surface area contributed by atoms with Gasteiger partial charge in [-0.2, -0.15) is 0 Å². The molecule has 1 heterocycles. The Morgan fingerprint density at radius 3 is 2.74 bits per heavy atom. The van der Waals surface area contributed by atoms with Gasteiger partial charge >= 0.3 is 5.76 Å². The number of fused-ring (bicyclic) bond motifs is 1. The maximum Gasteiger partial charge on any atom is 0.417 e. The Morgan fingerprint density at radius 1 is 1.13 bits per heavy atom. The summed E-state index contributed by atoms with van der Waals surface area (Å²) in [5, 5.41) is 2.91. The van der Waals surface area contributed by atoms with E-state index in [1.807, 2.05) is 44.2 Å². The molecule has 2 N–H and O–H groups in total. The highest BCUT2D eigenvalue weighted by molar-refractivity contribution is 5.94. The molecule has 23 heavy (non-hydrogen) atoms. The first-order chi connectivity index (χ1) is 11.0. The first kappa shape index (κ1) is 15.1. The Balaban J connectivity index is 1.62.